The highest BCUT2D eigenvalue weighted by atomic mass is 14.4. The SMILES string of the molecule is CC(C)C(CC=N)C(C)(C)C. The Morgan fingerprint density at radius 2 is 1.73 bits per heavy atom. The van der Waals surface area contributed by atoms with Gasteiger partial charge in [-0.2, -0.15) is 0 Å². The number of hydrogen-bond acceptors (Lipinski definition) is 1. The third kappa shape index (κ3) is 3.54. The van der Waals surface area contributed by atoms with E-state index in [9.17, 15) is 0 Å². The van der Waals surface area contributed by atoms with E-state index in [0.29, 0.717) is 17.3 Å². The van der Waals surface area contributed by atoms with Crippen LogP contribution in [0.5, 0.6) is 0 Å². The zero-order valence-corrected chi connectivity index (χ0v) is 8.44. The Kier molecular flexibility index (Phi) is 3.77. The molecule has 1 heteroatoms. The molecule has 0 rings (SSSR count). The fraction of sp³-hybridized carbons (Fsp3) is 0.900. The summed E-state index contributed by atoms with van der Waals surface area (Å²) in [7, 11) is 0. The fourth-order valence-electron chi connectivity index (χ4n) is 1.75. The van der Waals surface area contributed by atoms with E-state index < -0.39 is 0 Å². The molecule has 0 saturated carbocycles. The molecule has 0 fully saturated rings. The zero-order chi connectivity index (χ0) is 9.07. The van der Waals surface area contributed by atoms with E-state index in [0.717, 1.165) is 6.42 Å². The second-order valence-corrected chi connectivity index (χ2v) is 4.66. The molecular formula is C10H21N. The van der Waals surface area contributed by atoms with Crippen molar-refractivity contribution in [3.05, 3.63) is 0 Å². The predicted molar refractivity (Wildman–Crippen MR) is 51.2 cm³/mol. The molecule has 0 aliphatic heterocycles. The molecule has 0 aliphatic rings. The first kappa shape index (κ1) is 10.7. The van der Waals surface area contributed by atoms with E-state index in [1.807, 2.05) is 0 Å². The molecule has 1 nitrogen and oxygen atoms in total. The van der Waals surface area contributed by atoms with Crippen molar-refractivity contribution in [1.29, 1.82) is 5.41 Å². The first-order valence-electron chi connectivity index (χ1n) is 4.38. The molecule has 1 N–H and O–H groups in total. The first-order valence-corrected chi connectivity index (χ1v) is 4.38. The normalized spacial score (nSPS) is 15.1. The van der Waals surface area contributed by atoms with Gasteiger partial charge in [-0.25, -0.2) is 0 Å². The molecule has 0 heterocycles. The maximum Gasteiger partial charge on any atom is -0.00447 e. The van der Waals surface area contributed by atoms with Crippen LogP contribution in [0.2, 0.25) is 0 Å². The standard InChI is InChI=1S/C10H21N/c1-8(2)9(6-7-11)10(3,4)5/h7-9,11H,6H2,1-5H3. The summed E-state index contributed by atoms with van der Waals surface area (Å²) in [5.74, 6) is 1.32. The van der Waals surface area contributed by atoms with Gasteiger partial charge < -0.3 is 5.41 Å². The molecule has 0 aromatic carbocycles. The van der Waals surface area contributed by atoms with Crippen LogP contribution in [0.4, 0.5) is 0 Å². The van der Waals surface area contributed by atoms with Crippen molar-refractivity contribution >= 4 is 6.21 Å². The van der Waals surface area contributed by atoms with Crippen molar-refractivity contribution in [2.75, 3.05) is 0 Å². The summed E-state index contributed by atoms with van der Waals surface area (Å²) in [5, 5.41) is 7.08. The van der Waals surface area contributed by atoms with Crippen LogP contribution < -0.4 is 0 Å². The van der Waals surface area contributed by atoms with E-state index >= 15 is 0 Å². The van der Waals surface area contributed by atoms with E-state index in [-0.39, 0.29) is 0 Å². The van der Waals surface area contributed by atoms with Crippen molar-refractivity contribution in [3.8, 4) is 0 Å². The lowest BCUT2D eigenvalue weighted by Crippen LogP contribution is -2.25. The van der Waals surface area contributed by atoms with Crippen LogP contribution in [0, 0.1) is 22.7 Å². The van der Waals surface area contributed by atoms with Crippen LogP contribution in [0.25, 0.3) is 0 Å². The Bertz CT molecular complexity index is 119. The number of nitrogens with one attached hydrogen (secondary N) is 1. The molecule has 0 saturated heterocycles. The number of rotatable bonds is 3. The fourth-order valence-corrected chi connectivity index (χ4v) is 1.75. The summed E-state index contributed by atoms with van der Waals surface area (Å²) in [6.45, 7) is 11.2. The van der Waals surface area contributed by atoms with Crippen LogP contribution in [0.1, 0.15) is 41.0 Å². The van der Waals surface area contributed by atoms with Crippen LogP contribution in [-0.2, 0) is 0 Å². The largest absolute Gasteiger partial charge is 0.313 e. The van der Waals surface area contributed by atoms with Gasteiger partial charge in [0.25, 0.3) is 0 Å². The maximum atomic E-state index is 7.08. The van der Waals surface area contributed by atoms with Crippen molar-refractivity contribution in [1.82, 2.24) is 0 Å². The monoisotopic (exact) mass is 155 g/mol. The summed E-state index contributed by atoms with van der Waals surface area (Å²) in [5.41, 5.74) is 0.339. The second-order valence-electron chi connectivity index (χ2n) is 4.66. The van der Waals surface area contributed by atoms with Crippen molar-refractivity contribution in [3.63, 3.8) is 0 Å². The zero-order valence-electron chi connectivity index (χ0n) is 8.44. The molecule has 0 radical (unpaired) electrons. The minimum atomic E-state index is 0.339. The van der Waals surface area contributed by atoms with E-state index in [1.54, 1.807) is 0 Å². The molecule has 0 spiro atoms. The summed E-state index contributed by atoms with van der Waals surface area (Å²) < 4.78 is 0. The van der Waals surface area contributed by atoms with Crippen molar-refractivity contribution < 1.29 is 0 Å². The first-order chi connectivity index (χ1) is 4.89. The topological polar surface area (TPSA) is 23.9 Å². The lowest BCUT2D eigenvalue weighted by atomic mass is 9.73. The minimum Gasteiger partial charge on any atom is -0.313 e. The molecule has 66 valence electrons. The van der Waals surface area contributed by atoms with Gasteiger partial charge in [0, 0.05) is 0 Å². The minimum absolute atomic E-state index is 0.339. The van der Waals surface area contributed by atoms with Gasteiger partial charge in [0.15, 0.2) is 0 Å². The van der Waals surface area contributed by atoms with E-state index in [2.05, 4.69) is 34.6 Å². The highest BCUT2D eigenvalue weighted by Crippen LogP contribution is 2.33. The molecule has 0 aromatic rings. The Morgan fingerprint density at radius 3 is 1.82 bits per heavy atom. The smallest absolute Gasteiger partial charge is 0.00447 e. The van der Waals surface area contributed by atoms with Gasteiger partial charge in [-0.15, -0.1) is 0 Å². The molecule has 1 unspecified atom stereocenters. The van der Waals surface area contributed by atoms with E-state index in [4.69, 9.17) is 5.41 Å². The average molecular weight is 155 g/mol. The van der Waals surface area contributed by atoms with Gasteiger partial charge in [0.2, 0.25) is 0 Å². The molecule has 0 aliphatic carbocycles. The molecule has 0 aromatic heterocycles. The van der Waals surface area contributed by atoms with Gasteiger partial charge >= 0.3 is 0 Å². The number of hydrogen-bond donors (Lipinski definition) is 1. The van der Waals surface area contributed by atoms with Gasteiger partial charge in [-0.05, 0) is 29.9 Å². The lowest BCUT2D eigenvalue weighted by molar-refractivity contribution is 0.187. The van der Waals surface area contributed by atoms with Gasteiger partial charge in [0.1, 0.15) is 0 Å². The molecule has 11 heavy (non-hydrogen) atoms. The Hall–Kier alpha value is -0.330. The highest BCUT2D eigenvalue weighted by molar-refractivity contribution is 5.53. The Balaban J connectivity index is 4.21. The van der Waals surface area contributed by atoms with Crippen LogP contribution >= 0.6 is 0 Å². The van der Waals surface area contributed by atoms with Crippen LogP contribution in [0.3, 0.4) is 0 Å². The maximum absolute atomic E-state index is 7.08. The molecule has 0 bridgehead atoms. The third-order valence-electron chi connectivity index (χ3n) is 2.29. The third-order valence-corrected chi connectivity index (χ3v) is 2.29. The highest BCUT2D eigenvalue weighted by Gasteiger charge is 2.25. The van der Waals surface area contributed by atoms with Gasteiger partial charge in [0.05, 0.1) is 0 Å². The van der Waals surface area contributed by atoms with Gasteiger partial charge in [-0.3, -0.25) is 0 Å². The van der Waals surface area contributed by atoms with Crippen LogP contribution in [0.15, 0.2) is 0 Å². The Morgan fingerprint density at radius 1 is 1.27 bits per heavy atom. The molecular weight excluding hydrogens is 134 g/mol. The van der Waals surface area contributed by atoms with Crippen molar-refractivity contribution in [2.45, 2.75) is 41.0 Å². The van der Waals surface area contributed by atoms with Crippen molar-refractivity contribution in [2.24, 2.45) is 17.3 Å². The summed E-state index contributed by atoms with van der Waals surface area (Å²) >= 11 is 0. The summed E-state index contributed by atoms with van der Waals surface area (Å²) in [4.78, 5) is 0. The summed E-state index contributed by atoms with van der Waals surface area (Å²) in [6, 6.07) is 0. The van der Waals surface area contributed by atoms with E-state index in [1.165, 1.54) is 6.21 Å². The lowest BCUT2D eigenvalue weighted by Gasteiger charge is -2.32. The molecule has 0 amide bonds. The summed E-state index contributed by atoms with van der Waals surface area (Å²) in [6.07, 6.45) is 2.46. The predicted octanol–water partition coefficient (Wildman–Crippen LogP) is 3.34. The quantitative estimate of drug-likeness (QED) is 0.604. The van der Waals surface area contributed by atoms with Gasteiger partial charge in [-0.1, -0.05) is 34.6 Å². The Labute approximate surface area is 70.7 Å². The molecule has 1 atom stereocenters. The van der Waals surface area contributed by atoms with Crippen LogP contribution in [-0.4, -0.2) is 6.21 Å². The average Bonchev–Trinajstić information content (AvgIpc) is 1.79. The second kappa shape index (κ2) is 3.89.